The molecule has 7 nitrogen and oxygen atoms in total. The maximum atomic E-state index is 13.5. The van der Waals surface area contributed by atoms with Gasteiger partial charge in [0, 0.05) is 57.9 Å². The molecule has 1 saturated carbocycles. The van der Waals surface area contributed by atoms with Crippen molar-refractivity contribution in [1.29, 1.82) is 0 Å². The molecular weight excluding hydrogens is 426 g/mol. The lowest BCUT2D eigenvalue weighted by Crippen LogP contribution is -2.47. The Bertz CT molecular complexity index is 915. The van der Waals surface area contributed by atoms with Gasteiger partial charge < -0.3 is 19.4 Å². The van der Waals surface area contributed by atoms with Crippen LogP contribution in [0.5, 0.6) is 0 Å². The number of nitrogens with zero attached hydrogens (tertiary/aromatic N) is 5. The second-order valence-electron chi connectivity index (χ2n) is 9.64. The van der Waals surface area contributed by atoms with Gasteiger partial charge in [0.2, 0.25) is 5.91 Å². The molecule has 1 amide bonds. The minimum absolute atomic E-state index is 0.170. The minimum Gasteiger partial charge on any atom is -0.385 e. The number of aromatic nitrogens is 2. The molecule has 34 heavy (non-hydrogen) atoms. The molecule has 0 radical (unpaired) electrons. The molecule has 186 valence electrons. The van der Waals surface area contributed by atoms with Gasteiger partial charge in [-0.15, -0.1) is 0 Å². The van der Waals surface area contributed by atoms with Gasteiger partial charge in [-0.1, -0.05) is 38.0 Å². The lowest BCUT2D eigenvalue weighted by atomic mass is 10.1. The van der Waals surface area contributed by atoms with Crippen LogP contribution in [0.3, 0.4) is 0 Å². The number of methoxy groups -OCH3 is 1. The number of anilines is 1. The SMILES string of the molecule is CCN1CCN(c2c(CN(CCCOC)C(=O)C3CCCC3)c(C)nn2-c2ccccc2)CC1. The number of hydrogen-bond acceptors (Lipinski definition) is 5. The van der Waals surface area contributed by atoms with E-state index >= 15 is 0 Å². The Hall–Kier alpha value is -2.38. The molecule has 0 bridgehead atoms. The molecule has 1 saturated heterocycles. The topological polar surface area (TPSA) is 53.8 Å². The van der Waals surface area contributed by atoms with Gasteiger partial charge in [-0.05, 0) is 44.9 Å². The van der Waals surface area contributed by atoms with E-state index in [9.17, 15) is 4.79 Å². The first-order chi connectivity index (χ1) is 16.6. The molecule has 4 rings (SSSR count). The van der Waals surface area contributed by atoms with Crippen molar-refractivity contribution >= 4 is 11.7 Å². The molecule has 2 heterocycles. The predicted octanol–water partition coefficient (Wildman–Crippen LogP) is 3.88. The Morgan fingerprint density at radius 1 is 1.12 bits per heavy atom. The quantitative estimate of drug-likeness (QED) is 0.497. The molecular formula is C27H41N5O2. The van der Waals surface area contributed by atoms with E-state index in [0.717, 1.165) is 75.7 Å². The first-order valence-electron chi connectivity index (χ1n) is 13.0. The molecule has 7 heteroatoms. The zero-order valence-corrected chi connectivity index (χ0v) is 21.2. The van der Waals surface area contributed by atoms with Gasteiger partial charge in [0.15, 0.2) is 0 Å². The van der Waals surface area contributed by atoms with E-state index in [2.05, 4.69) is 57.5 Å². The standard InChI is InChI=1S/C27H41N5O2/c1-4-29-16-18-30(19-17-29)26-25(22(2)28-32(26)24-13-6-5-7-14-24)21-31(15-10-20-34-3)27(33)23-11-8-9-12-23/h5-7,13-14,23H,4,8-12,15-21H2,1-3H3. The highest BCUT2D eigenvalue weighted by Gasteiger charge is 2.31. The first kappa shape index (κ1) is 24.7. The summed E-state index contributed by atoms with van der Waals surface area (Å²) in [5.41, 5.74) is 3.25. The van der Waals surface area contributed by atoms with E-state index in [1.54, 1.807) is 7.11 Å². The number of hydrogen-bond donors (Lipinski definition) is 0. The summed E-state index contributed by atoms with van der Waals surface area (Å²) in [6.45, 7) is 11.5. The van der Waals surface area contributed by atoms with Gasteiger partial charge in [-0.3, -0.25) is 4.79 Å². The average Bonchev–Trinajstić information content (AvgIpc) is 3.52. The Balaban J connectivity index is 1.67. The Labute approximate surface area is 204 Å². The van der Waals surface area contributed by atoms with E-state index in [4.69, 9.17) is 9.84 Å². The number of rotatable bonds is 10. The first-order valence-corrected chi connectivity index (χ1v) is 13.0. The molecule has 0 unspecified atom stereocenters. The largest absolute Gasteiger partial charge is 0.385 e. The van der Waals surface area contributed by atoms with Crippen LogP contribution in [-0.2, 0) is 16.1 Å². The number of ether oxygens (including phenoxy) is 1. The second-order valence-corrected chi connectivity index (χ2v) is 9.64. The summed E-state index contributed by atoms with van der Waals surface area (Å²) in [5, 5.41) is 5.00. The number of carbonyl (C=O) groups is 1. The van der Waals surface area contributed by atoms with Crippen molar-refractivity contribution in [2.75, 3.05) is 57.9 Å². The zero-order valence-electron chi connectivity index (χ0n) is 21.2. The molecule has 1 aromatic carbocycles. The van der Waals surface area contributed by atoms with Crippen molar-refractivity contribution in [1.82, 2.24) is 19.6 Å². The Morgan fingerprint density at radius 3 is 2.47 bits per heavy atom. The van der Waals surface area contributed by atoms with E-state index in [0.29, 0.717) is 19.1 Å². The van der Waals surface area contributed by atoms with Gasteiger partial charge in [0.1, 0.15) is 5.82 Å². The monoisotopic (exact) mass is 467 g/mol. The summed E-state index contributed by atoms with van der Waals surface area (Å²) in [6, 6.07) is 10.4. The number of carbonyl (C=O) groups excluding carboxylic acids is 1. The molecule has 2 aromatic rings. The number of aryl methyl sites for hydroxylation is 1. The van der Waals surface area contributed by atoms with Crippen molar-refractivity contribution in [2.24, 2.45) is 5.92 Å². The summed E-state index contributed by atoms with van der Waals surface area (Å²) in [6.07, 6.45) is 5.23. The van der Waals surface area contributed by atoms with Crippen molar-refractivity contribution in [3.8, 4) is 5.69 Å². The summed E-state index contributed by atoms with van der Waals surface area (Å²) in [5.74, 6) is 1.63. The average molecular weight is 468 g/mol. The maximum absolute atomic E-state index is 13.5. The normalized spacial score (nSPS) is 17.4. The highest BCUT2D eigenvalue weighted by Crippen LogP contribution is 2.32. The highest BCUT2D eigenvalue weighted by atomic mass is 16.5. The third-order valence-corrected chi connectivity index (χ3v) is 7.42. The third-order valence-electron chi connectivity index (χ3n) is 7.42. The molecule has 1 aromatic heterocycles. The molecule has 0 N–H and O–H groups in total. The fourth-order valence-corrected chi connectivity index (χ4v) is 5.37. The van der Waals surface area contributed by atoms with E-state index < -0.39 is 0 Å². The second kappa shape index (κ2) is 11.8. The van der Waals surface area contributed by atoms with E-state index in [1.807, 2.05) is 6.07 Å². The van der Waals surface area contributed by atoms with Gasteiger partial charge in [-0.2, -0.15) is 5.10 Å². The summed E-state index contributed by atoms with van der Waals surface area (Å²) < 4.78 is 7.40. The van der Waals surface area contributed by atoms with Crippen LogP contribution in [0.25, 0.3) is 5.69 Å². The van der Waals surface area contributed by atoms with Crippen molar-refractivity contribution in [2.45, 2.75) is 52.5 Å². The number of benzene rings is 1. The molecule has 0 atom stereocenters. The zero-order chi connectivity index (χ0) is 23.9. The van der Waals surface area contributed by atoms with Crippen molar-refractivity contribution in [3.63, 3.8) is 0 Å². The van der Waals surface area contributed by atoms with Gasteiger partial charge in [-0.25, -0.2) is 4.68 Å². The van der Waals surface area contributed by atoms with Crippen LogP contribution in [0, 0.1) is 12.8 Å². The molecule has 1 aliphatic carbocycles. The van der Waals surface area contributed by atoms with Crippen molar-refractivity contribution < 1.29 is 9.53 Å². The van der Waals surface area contributed by atoms with Crippen LogP contribution >= 0.6 is 0 Å². The van der Waals surface area contributed by atoms with Crippen LogP contribution < -0.4 is 4.90 Å². The summed E-state index contributed by atoms with van der Waals surface area (Å²) >= 11 is 0. The van der Waals surface area contributed by atoms with Crippen LogP contribution in [-0.4, -0.2) is 78.5 Å². The van der Waals surface area contributed by atoms with Crippen molar-refractivity contribution in [3.05, 3.63) is 41.6 Å². The third kappa shape index (κ3) is 5.63. The molecule has 2 aliphatic rings. The maximum Gasteiger partial charge on any atom is 0.225 e. The summed E-state index contributed by atoms with van der Waals surface area (Å²) in [4.78, 5) is 20.6. The fraction of sp³-hybridized carbons (Fsp3) is 0.630. The number of amides is 1. The smallest absolute Gasteiger partial charge is 0.225 e. The highest BCUT2D eigenvalue weighted by molar-refractivity contribution is 5.79. The minimum atomic E-state index is 0.170. The van der Waals surface area contributed by atoms with Crippen LogP contribution in [0.4, 0.5) is 5.82 Å². The molecule has 2 fully saturated rings. The lowest BCUT2D eigenvalue weighted by molar-refractivity contribution is -0.136. The molecule has 0 spiro atoms. The van der Waals surface area contributed by atoms with Gasteiger partial charge in [0.25, 0.3) is 0 Å². The van der Waals surface area contributed by atoms with Crippen LogP contribution in [0.1, 0.15) is 50.3 Å². The number of likely N-dealkylation sites (N-methyl/N-ethyl adjacent to an activating group) is 1. The number of para-hydroxylation sites is 1. The van der Waals surface area contributed by atoms with Crippen LogP contribution in [0.2, 0.25) is 0 Å². The lowest BCUT2D eigenvalue weighted by Gasteiger charge is -2.36. The Kier molecular flexibility index (Phi) is 8.62. The van der Waals surface area contributed by atoms with Crippen LogP contribution in [0.15, 0.2) is 30.3 Å². The fourth-order valence-electron chi connectivity index (χ4n) is 5.37. The van der Waals surface area contributed by atoms with Gasteiger partial charge in [0.05, 0.1) is 17.9 Å². The predicted molar refractivity (Wildman–Crippen MR) is 136 cm³/mol. The van der Waals surface area contributed by atoms with E-state index in [-0.39, 0.29) is 5.92 Å². The van der Waals surface area contributed by atoms with E-state index in [1.165, 1.54) is 18.4 Å². The Morgan fingerprint density at radius 2 is 1.82 bits per heavy atom. The number of piperazine rings is 1. The molecule has 1 aliphatic heterocycles. The summed E-state index contributed by atoms with van der Waals surface area (Å²) in [7, 11) is 1.73. The van der Waals surface area contributed by atoms with Gasteiger partial charge >= 0.3 is 0 Å².